The van der Waals surface area contributed by atoms with Gasteiger partial charge in [0.15, 0.2) is 0 Å². The Morgan fingerprint density at radius 1 is 1.33 bits per heavy atom. The molecule has 114 valence electrons. The van der Waals surface area contributed by atoms with Gasteiger partial charge in [-0.05, 0) is 23.7 Å². The van der Waals surface area contributed by atoms with Crippen LogP contribution in [0.3, 0.4) is 0 Å². The van der Waals surface area contributed by atoms with Crippen LogP contribution in [0, 0.1) is 0 Å². The van der Waals surface area contributed by atoms with Crippen LogP contribution in [0.15, 0.2) is 49.1 Å². The number of thioether (sulfide) groups is 1. The molecule has 0 aliphatic rings. The van der Waals surface area contributed by atoms with Gasteiger partial charge in [-0.1, -0.05) is 48.6 Å². The number of benzene rings is 1. The number of alkyl halides is 3. The van der Waals surface area contributed by atoms with Crippen molar-refractivity contribution in [3.63, 3.8) is 0 Å². The molecule has 21 heavy (non-hydrogen) atoms. The van der Waals surface area contributed by atoms with E-state index in [1.807, 2.05) is 0 Å². The summed E-state index contributed by atoms with van der Waals surface area (Å²) < 4.78 is 41.0. The first-order valence-electron chi connectivity index (χ1n) is 6.03. The average Bonchev–Trinajstić information content (AvgIpc) is 2.43. The van der Waals surface area contributed by atoms with Crippen molar-refractivity contribution < 1.29 is 22.7 Å². The van der Waals surface area contributed by atoms with E-state index in [2.05, 4.69) is 11.3 Å². The number of ether oxygens (including phenoxy) is 1. The highest BCUT2D eigenvalue weighted by Gasteiger charge is 2.47. The topological polar surface area (TPSA) is 26.3 Å². The zero-order valence-corrected chi connectivity index (χ0v) is 12.2. The minimum absolute atomic E-state index is 0.187. The van der Waals surface area contributed by atoms with Crippen molar-refractivity contribution in [1.29, 1.82) is 0 Å². The molecule has 1 aromatic rings. The number of hydrogen-bond donors (Lipinski definition) is 0. The summed E-state index contributed by atoms with van der Waals surface area (Å²) >= 11 is -0.407. The van der Waals surface area contributed by atoms with Crippen LogP contribution in [0.25, 0.3) is 6.08 Å². The summed E-state index contributed by atoms with van der Waals surface area (Å²) in [5.74, 6) is -0.961. The van der Waals surface area contributed by atoms with Crippen molar-refractivity contribution in [2.45, 2.75) is 16.7 Å². The van der Waals surface area contributed by atoms with Crippen LogP contribution in [0.2, 0.25) is 0 Å². The molecule has 1 atom stereocenters. The number of methoxy groups -OCH3 is 1. The molecule has 0 aliphatic heterocycles. The first kappa shape index (κ1) is 17.4. The molecule has 0 spiro atoms. The number of carbonyl (C=O) groups is 1. The fourth-order valence-electron chi connectivity index (χ4n) is 1.73. The predicted octanol–water partition coefficient (Wildman–Crippen LogP) is 4.44. The Bertz CT molecular complexity index is 511. The molecule has 0 saturated carbocycles. The van der Waals surface area contributed by atoms with Gasteiger partial charge in [0, 0.05) is 0 Å². The van der Waals surface area contributed by atoms with Crippen LogP contribution in [0.1, 0.15) is 12.0 Å². The van der Waals surface area contributed by atoms with Gasteiger partial charge in [-0.25, -0.2) is 0 Å². The lowest BCUT2D eigenvalue weighted by Crippen LogP contribution is -2.36. The molecule has 1 aromatic carbocycles. The van der Waals surface area contributed by atoms with Crippen molar-refractivity contribution >= 4 is 23.8 Å². The van der Waals surface area contributed by atoms with Crippen molar-refractivity contribution in [3.05, 3.63) is 54.6 Å². The number of halogens is 3. The largest absolute Gasteiger partial charge is 0.468 e. The maximum atomic E-state index is 12.8. The smallest absolute Gasteiger partial charge is 0.443 e. The molecule has 1 rings (SSSR count). The average molecular weight is 316 g/mol. The Morgan fingerprint density at radius 2 is 1.95 bits per heavy atom. The van der Waals surface area contributed by atoms with Crippen LogP contribution in [-0.4, -0.2) is 23.3 Å². The third-order valence-electron chi connectivity index (χ3n) is 2.62. The van der Waals surface area contributed by atoms with E-state index < -0.39 is 28.0 Å². The monoisotopic (exact) mass is 316 g/mol. The van der Waals surface area contributed by atoms with E-state index >= 15 is 0 Å². The van der Waals surface area contributed by atoms with Gasteiger partial charge in [0.25, 0.3) is 0 Å². The number of rotatable bonds is 6. The summed E-state index contributed by atoms with van der Waals surface area (Å²) in [6.45, 7) is 3.42. The number of carbonyl (C=O) groups excluding carboxylic acids is 1. The summed E-state index contributed by atoms with van der Waals surface area (Å²) in [5, 5.41) is 0. The fourth-order valence-corrected chi connectivity index (χ4v) is 2.64. The van der Waals surface area contributed by atoms with E-state index in [4.69, 9.17) is 0 Å². The second-order valence-electron chi connectivity index (χ2n) is 4.17. The molecule has 0 bridgehead atoms. The quantitative estimate of drug-likeness (QED) is 0.573. The van der Waals surface area contributed by atoms with Crippen LogP contribution in [0.5, 0.6) is 0 Å². The molecule has 0 aliphatic carbocycles. The normalized spacial score (nSPS) is 14.7. The first-order valence-corrected chi connectivity index (χ1v) is 6.85. The van der Waals surface area contributed by atoms with Gasteiger partial charge in [-0.3, -0.25) is 4.79 Å². The lowest BCUT2D eigenvalue weighted by molar-refractivity contribution is -0.142. The highest BCUT2D eigenvalue weighted by atomic mass is 32.2. The van der Waals surface area contributed by atoms with Crippen LogP contribution >= 0.6 is 11.8 Å². The standard InChI is InChI=1S/C15H15F3O2S/c1-3-10-14(13(19)20-2,21-15(16,17)18)11-9-12-7-5-4-6-8-12/h3-9,11H,1,10H2,2H3/b11-9+. The van der Waals surface area contributed by atoms with Gasteiger partial charge >= 0.3 is 11.5 Å². The van der Waals surface area contributed by atoms with Crippen LogP contribution < -0.4 is 0 Å². The third-order valence-corrected chi connectivity index (χ3v) is 3.69. The number of allylic oxidation sites excluding steroid dienone is 1. The van der Waals surface area contributed by atoms with Crippen molar-refractivity contribution in [2.24, 2.45) is 0 Å². The molecule has 6 heteroatoms. The van der Waals surface area contributed by atoms with E-state index in [-0.39, 0.29) is 6.42 Å². The van der Waals surface area contributed by atoms with Gasteiger partial charge in [0.1, 0.15) is 4.75 Å². The predicted molar refractivity (Wildman–Crippen MR) is 78.7 cm³/mol. The Kier molecular flexibility index (Phi) is 6.08. The van der Waals surface area contributed by atoms with E-state index in [9.17, 15) is 18.0 Å². The molecule has 1 unspecified atom stereocenters. The fraction of sp³-hybridized carbons (Fsp3) is 0.267. The number of esters is 1. The van der Waals surface area contributed by atoms with Crippen LogP contribution in [-0.2, 0) is 9.53 Å². The summed E-state index contributed by atoms with van der Waals surface area (Å²) in [6.07, 6.45) is 3.77. The Hall–Kier alpha value is -1.69. The van der Waals surface area contributed by atoms with Gasteiger partial charge in [0.2, 0.25) is 0 Å². The van der Waals surface area contributed by atoms with Gasteiger partial charge in [-0.15, -0.1) is 6.58 Å². The zero-order valence-electron chi connectivity index (χ0n) is 11.4. The first-order chi connectivity index (χ1) is 9.83. The molecule has 0 fully saturated rings. The lowest BCUT2D eigenvalue weighted by atomic mass is 10.0. The number of hydrogen-bond acceptors (Lipinski definition) is 3. The molecular formula is C15H15F3O2S. The highest BCUT2D eigenvalue weighted by molar-refractivity contribution is 8.02. The Morgan fingerprint density at radius 3 is 2.43 bits per heavy atom. The molecule has 2 nitrogen and oxygen atoms in total. The maximum absolute atomic E-state index is 12.8. The molecule has 0 radical (unpaired) electrons. The second-order valence-corrected chi connectivity index (χ2v) is 5.56. The molecule has 0 aromatic heterocycles. The van der Waals surface area contributed by atoms with Gasteiger partial charge < -0.3 is 4.74 Å². The third kappa shape index (κ3) is 5.30. The summed E-state index contributed by atoms with van der Waals surface area (Å²) in [7, 11) is 1.06. The SMILES string of the molecule is C=CCC(/C=C/c1ccccc1)(SC(F)(F)F)C(=O)OC. The van der Waals surface area contributed by atoms with E-state index in [1.165, 1.54) is 18.2 Å². The summed E-state index contributed by atoms with van der Waals surface area (Å²) in [6, 6.07) is 8.75. The summed E-state index contributed by atoms with van der Waals surface area (Å²) in [5.41, 5.74) is -3.88. The van der Waals surface area contributed by atoms with E-state index in [0.717, 1.165) is 7.11 Å². The lowest BCUT2D eigenvalue weighted by Gasteiger charge is -2.26. The van der Waals surface area contributed by atoms with Gasteiger partial charge in [0.05, 0.1) is 7.11 Å². The minimum atomic E-state index is -4.57. The molecular weight excluding hydrogens is 301 g/mol. The molecule has 0 amide bonds. The highest BCUT2D eigenvalue weighted by Crippen LogP contribution is 2.44. The maximum Gasteiger partial charge on any atom is 0.443 e. The molecule has 0 saturated heterocycles. The van der Waals surface area contributed by atoms with Crippen molar-refractivity contribution in [2.75, 3.05) is 7.11 Å². The van der Waals surface area contributed by atoms with Crippen molar-refractivity contribution in [3.8, 4) is 0 Å². The van der Waals surface area contributed by atoms with Crippen LogP contribution in [0.4, 0.5) is 13.2 Å². The minimum Gasteiger partial charge on any atom is -0.468 e. The zero-order chi connectivity index (χ0) is 15.9. The van der Waals surface area contributed by atoms with E-state index in [0.29, 0.717) is 5.56 Å². The Labute approximate surface area is 125 Å². The second kappa shape index (κ2) is 7.36. The Balaban J connectivity index is 3.18. The van der Waals surface area contributed by atoms with Crippen molar-refractivity contribution in [1.82, 2.24) is 0 Å². The molecule has 0 heterocycles. The van der Waals surface area contributed by atoms with E-state index in [1.54, 1.807) is 30.3 Å². The van der Waals surface area contributed by atoms with Gasteiger partial charge in [-0.2, -0.15) is 13.2 Å². The summed E-state index contributed by atoms with van der Waals surface area (Å²) in [4.78, 5) is 11.9. The molecule has 0 N–H and O–H groups in total.